The summed E-state index contributed by atoms with van der Waals surface area (Å²) in [6, 6.07) is 5.91. The van der Waals surface area contributed by atoms with Crippen molar-refractivity contribution in [1.29, 1.82) is 0 Å². The van der Waals surface area contributed by atoms with Crippen molar-refractivity contribution in [2.75, 3.05) is 57.4 Å². The molecule has 3 fully saturated rings. The first-order chi connectivity index (χ1) is 21.0. The Morgan fingerprint density at radius 1 is 0.956 bits per heavy atom. The number of carbonyl (C=O) groups excluding carboxylic acids is 1. The van der Waals surface area contributed by atoms with Gasteiger partial charge in [-0.2, -0.15) is 26.3 Å². The van der Waals surface area contributed by atoms with Gasteiger partial charge in [0.05, 0.1) is 25.2 Å². The quantitative estimate of drug-likeness (QED) is 0.469. The molecule has 250 valence electrons. The number of aliphatic carboxylic acids is 2. The summed E-state index contributed by atoms with van der Waals surface area (Å²) in [6.07, 6.45) is -4.72. The molecule has 5 heterocycles. The van der Waals surface area contributed by atoms with Crippen molar-refractivity contribution >= 4 is 23.8 Å². The monoisotopic (exact) mass is 653 g/mol. The number of likely N-dealkylation sites (tertiary alicyclic amines) is 1. The molecule has 1 amide bonds. The highest BCUT2D eigenvalue weighted by molar-refractivity contribution is 5.85. The Kier molecular flexibility index (Phi) is 11.8. The number of anilines is 1. The first kappa shape index (κ1) is 35.5. The summed E-state index contributed by atoms with van der Waals surface area (Å²) in [6.45, 7) is 8.73. The molecule has 2 aromatic heterocycles. The molecule has 3 saturated heterocycles. The van der Waals surface area contributed by atoms with Crippen LogP contribution in [0.4, 0.5) is 32.3 Å². The molecule has 2 aromatic rings. The number of amides is 1. The molecule has 18 heteroatoms. The maximum absolute atomic E-state index is 13.9. The number of alkyl halides is 6. The van der Waals surface area contributed by atoms with Crippen LogP contribution in [0.3, 0.4) is 0 Å². The topological polar surface area (TPSA) is 150 Å². The van der Waals surface area contributed by atoms with E-state index in [0.717, 1.165) is 56.5 Å². The molecule has 0 aliphatic carbocycles. The summed E-state index contributed by atoms with van der Waals surface area (Å²) in [4.78, 5) is 47.4. The van der Waals surface area contributed by atoms with Crippen LogP contribution in [0.1, 0.15) is 24.4 Å². The fraction of sp³-hybridized carbons (Fsp3) is 0.593. The summed E-state index contributed by atoms with van der Waals surface area (Å²) in [5.74, 6) is -2.35. The Morgan fingerprint density at radius 2 is 1.53 bits per heavy atom. The van der Waals surface area contributed by atoms with Crippen molar-refractivity contribution in [2.24, 2.45) is 11.3 Å². The van der Waals surface area contributed by atoms with E-state index in [4.69, 9.17) is 29.0 Å². The summed E-state index contributed by atoms with van der Waals surface area (Å²) in [5.41, 5.74) is -0.398. The van der Waals surface area contributed by atoms with Crippen LogP contribution in [-0.2, 0) is 25.7 Å². The maximum atomic E-state index is 13.9. The van der Waals surface area contributed by atoms with Crippen LogP contribution < -0.4 is 4.90 Å². The van der Waals surface area contributed by atoms with Crippen molar-refractivity contribution in [3.8, 4) is 0 Å². The Balaban J connectivity index is 0.000000331. The zero-order chi connectivity index (χ0) is 33.4. The van der Waals surface area contributed by atoms with Crippen molar-refractivity contribution in [3.05, 3.63) is 42.1 Å². The minimum absolute atomic E-state index is 0.227. The zero-order valence-electron chi connectivity index (χ0n) is 24.2. The molecular formula is C27H33F6N5O7. The minimum atomic E-state index is -5.08. The van der Waals surface area contributed by atoms with Gasteiger partial charge in [0, 0.05) is 51.0 Å². The molecular weight excluding hydrogens is 620 g/mol. The second-order valence-corrected chi connectivity index (χ2v) is 10.6. The highest BCUT2D eigenvalue weighted by Gasteiger charge is 2.55. The molecule has 3 aliphatic heterocycles. The Bertz CT molecular complexity index is 1260. The van der Waals surface area contributed by atoms with Crippen LogP contribution in [-0.4, -0.2) is 113 Å². The molecule has 45 heavy (non-hydrogen) atoms. The number of hydrogen-bond acceptors (Lipinski definition) is 9. The number of aryl methyl sites for hydroxylation is 1. The third-order valence-corrected chi connectivity index (χ3v) is 7.49. The predicted molar refractivity (Wildman–Crippen MR) is 143 cm³/mol. The van der Waals surface area contributed by atoms with Gasteiger partial charge in [-0.25, -0.2) is 19.6 Å². The van der Waals surface area contributed by atoms with Crippen molar-refractivity contribution in [1.82, 2.24) is 19.8 Å². The number of carbonyl (C=O) groups is 3. The SMILES string of the molecule is Cc1ccc(CN2CCC[C@]3(C(=O)N4CCOCC4)CN(c4ncccn4)C[C@@H]3C2)o1.O=C(O)C(F)(F)F.O=C(O)C(F)(F)F. The van der Waals surface area contributed by atoms with E-state index in [1.54, 1.807) is 12.4 Å². The molecule has 0 saturated carbocycles. The molecule has 0 aromatic carbocycles. The molecule has 0 unspecified atom stereocenters. The Hall–Kier alpha value is -3.93. The fourth-order valence-corrected chi connectivity index (χ4v) is 5.48. The van der Waals surface area contributed by atoms with Crippen LogP contribution in [0.15, 0.2) is 35.0 Å². The van der Waals surface area contributed by atoms with Gasteiger partial charge >= 0.3 is 24.3 Å². The third kappa shape index (κ3) is 9.78. The van der Waals surface area contributed by atoms with E-state index in [9.17, 15) is 31.1 Å². The van der Waals surface area contributed by atoms with Gasteiger partial charge in [-0.3, -0.25) is 9.69 Å². The highest BCUT2D eigenvalue weighted by Crippen LogP contribution is 2.45. The predicted octanol–water partition coefficient (Wildman–Crippen LogP) is 3.22. The lowest BCUT2D eigenvalue weighted by molar-refractivity contribution is -0.193. The average molecular weight is 654 g/mol. The van der Waals surface area contributed by atoms with Crippen molar-refractivity contribution in [3.63, 3.8) is 0 Å². The van der Waals surface area contributed by atoms with Gasteiger partial charge in [-0.1, -0.05) is 0 Å². The number of rotatable bonds is 4. The summed E-state index contributed by atoms with van der Waals surface area (Å²) in [5, 5.41) is 14.2. The number of aromatic nitrogens is 2. The number of nitrogens with zero attached hydrogens (tertiary/aromatic N) is 5. The van der Waals surface area contributed by atoms with E-state index >= 15 is 0 Å². The summed E-state index contributed by atoms with van der Waals surface area (Å²) in [7, 11) is 0. The van der Waals surface area contributed by atoms with Crippen molar-refractivity contribution < 1.29 is 60.1 Å². The second kappa shape index (κ2) is 14.9. The number of fused-ring (bicyclic) bond motifs is 1. The molecule has 12 nitrogen and oxygen atoms in total. The molecule has 0 bridgehead atoms. The molecule has 5 rings (SSSR count). The smallest absolute Gasteiger partial charge is 0.475 e. The number of carboxylic acid groups (broad SMARTS) is 2. The van der Waals surface area contributed by atoms with E-state index in [0.29, 0.717) is 32.8 Å². The zero-order valence-corrected chi connectivity index (χ0v) is 24.2. The third-order valence-electron chi connectivity index (χ3n) is 7.49. The van der Waals surface area contributed by atoms with E-state index in [2.05, 4.69) is 25.8 Å². The Labute approximate surface area is 253 Å². The second-order valence-electron chi connectivity index (χ2n) is 10.6. The van der Waals surface area contributed by atoms with E-state index in [1.807, 2.05) is 24.0 Å². The number of halogens is 6. The molecule has 2 N–H and O–H groups in total. The largest absolute Gasteiger partial charge is 0.490 e. The van der Waals surface area contributed by atoms with Gasteiger partial charge in [0.25, 0.3) is 0 Å². The number of morpholine rings is 1. The van der Waals surface area contributed by atoms with Crippen LogP contribution in [0.5, 0.6) is 0 Å². The summed E-state index contributed by atoms with van der Waals surface area (Å²) < 4.78 is 74.8. The standard InChI is InChI=1S/C23H31N5O3.2C2HF3O2/c1-18-4-5-20(31-18)16-26-9-2-6-23(21(29)27-10-12-30-13-11-27)17-28(15-19(23)14-26)22-24-7-3-8-25-22;2*3-2(4,5)1(6)7/h3-5,7-8,19H,2,6,9-17H2,1H3;2*(H,6,7)/t19-,23-;;/m0../s1. The number of hydrogen-bond donors (Lipinski definition) is 2. The number of ether oxygens (including phenoxy) is 1. The Morgan fingerprint density at radius 3 is 2.04 bits per heavy atom. The number of carboxylic acids is 2. The maximum Gasteiger partial charge on any atom is 0.490 e. The van der Waals surface area contributed by atoms with Crippen molar-refractivity contribution in [2.45, 2.75) is 38.7 Å². The summed E-state index contributed by atoms with van der Waals surface area (Å²) >= 11 is 0. The van der Waals surface area contributed by atoms with Crippen LogP contribution in [0.25, 0.3) is 0 Å². The molecule has 0 spiro atoms. The van der Waals surface area contributed by atoms with Crippen LogP contribution in [0.2, 0.25) is 0 Å². The van der Waals surface area contributed by atoms with Crippen LogP contribution >= 0.6 is 0 Å². The van der Waals surface area contributed by atoms with Gasteiger partial charge in [0.2, 0.25) is 11.9 Å². The molecule has 0 radical (unpaired) electrons. The van der Waals surface area contributed by atoms with E-state index in [1.165, 1.54) is 0 Å². The fourth-order valence-electron chi connectivity index (χ4n) is 5.48. The first-order valence-corrected chi connectivity index (χ1v) is 13.8. The normalized spacial score (nSPS) is 22.2. The van der Waals surface area contributed by atoms with Gasteiger partial charge < -0.3 is 29.2 Å². The lowest BCUT2D eigenvalue weighted by Gasteiger charge is -2.38. The lowest BCUT2D eigenvalue weighted by atomic mass is 9.73. The lowest BCUT2D eigenvalue weighted by Crippen LogP contribution is -2.52. The highest BCUT2D eigenvalue weighted by atomic mass is 19.4. The van der Waals surface area contributed by atoms with E-state index < -0.39 is 29.7 Å². The van der Waals surface area contributed by atoms with Gasteiger partial charge in [0.15, 0.2) is 0 Å². The van der Waals surface area contributed by atoms with Gasteiger partial charge in [0.1, 0.15) is 11.5 Å². The van der Waals surface area contributed by atoms with Gasteiger partial charge in [-0.15, -0.1) is 0 Å². The number of furan rings is 1. The minimum Gasteiger partial charge on any atom is -0.475 e. The van der Waals surface area contributed by atoms with Gasteiger partial charge in [-0.05, 0) is 44.5 Å². The molecule has 2 atom stereocenters. The average Bonchev–Trinajstić information content (AvgIpc) is 3.51. The molecule has 3 aliphatic rings. The first-order valence-electron chi connectivity index (χ1n) is 13.8. The van der Waals surface area contributed by atoms with Crippen LogP contribution in [0, 0.1) is 18.3 Å². The van der Waals surface area contributed by atoms with E-state index in [-0.39, 0.29) is 11.8 Å².